The van der Waals surface area contributed by atoms with Crippen LogP contribution in [0.3, 0.4) is 0 Å². The lowest BCUT2D eigenvalue weighted by molar-refractivity contribution is -0.855. The number of hydrogen-bond donors (Lipinski definition) is 10. The first-order chi connectivity index (χ1) is 19.9. The molecular weight excluding hydrogens is 638 g/mol. The van der Waals surface area contributed by atoms with Gasteiger partial charge < -0.3 is 69.0 Å². The molecule has 2 aliphatic rings. The number of carbonyl (C=O) groups is 7. The van der Waals surface area contributed by atoms with Crippen molar-refractivity contribution in [3.8, 4) is 0 Å². The van der Waals surface area contributed by atoms with Crippen LogP contribution in [0, 0.1) is 0 Å². The van der Waals surface area contributed by atoms with Crippen LogP contribution in [-0.4, -0.2) is 110 Å². The predicted molar refractivity (Wildman–Crippen MR) is 176 cm³/mol. The molecule has 2 rings (SSSR count). The lowest BCUT2D eigenvalue weighted by Crippen LogP contribution is -3.05. The largest absolute Gasteiger partial charge is 0.791 e. The molecule has 17 N–H and O–H groups in total. The summed E-state index contributed by atoms with van der Waals surface area (Å²) in [5.41, 5.74) is 14.0. The van der Waals surface area contributed by atoms with Crippen LogP contribution in [-0.2, 0) is 33.6 Å². The minimum absolute atomic E-state index is 0. The Bertz CT molecular complexity index is 918. The van der Waals surface area contributed by atoms with E-state index in [4.69, 9.17) is 16.6 Å². The van der Waals surface area contributed by atoms with Crippen LogP contribution in [0.15, 0.2) is 0 Å². The third kappa shape index (κ3) is 28.3. The van der Waals surface area contributed by atoms with Crippen LogP contribution in [0.5, 0.6) is 0 Å². The molecule has 2 fully saturated rings. The molecular formula is C28H65N9O11. The molecule has 0 aromatic rings. The first-order valence-electron chi connectivity index (χ1n) is 13.5. The molecule has 0 bridgehead atoms. The summed E-state index contributed by atoms with van der Waals surface area (Å²) in [6, 6.07) is -1.80. The fraction of sp³-hybridized carbons (Fsp3) is 0.750. The molecule has 5 unspecified atom stereocenters. The average Bonchev–Trinajstić information content (AvgIpc) is 3.58. The molecule has 0 spiro atoms. The van der Waals surface area contributed by atoms with E-state index in [9.17, 15) is 43.8 Å². The summed E-state index contributed by atoms with van der Waals surface area (Å²) in [4.78, 5) is 73.8. The Balaban J connectivity index is -0.0000000903. The van der Waals surface area contributed by atoms with E-state index in [2.05, 4.69) is 32.3 Å². The van der Waals surface area contributed by atoms with E-state index in [1.807, 2.05) is 0 Å². The molecule has 0 saturated carbocycles. The van der Waals surface area contributed by atoms with Gasteiger partial charge in [0.1, 0.15) is 6.04 Å². The Morgan fingerprint density at radius 1 is 0.938 bits per heavy atom. The number of rotatable bonds is 10. The van der Waals surface area contributed by atoms with Gasteiger partial charge in [-0.3, -0.25) is 34.5 Å². The zero-order valence-electron chi connectivity index (χ0n) is 25.5. The van der Waals surface area contributed by atoms with Crippen LogP contribution in [0.4, 0.5) is 0 Å². The van der Waals surface area contributed by atoms with Gasteiger partial charge in [0.2, 0.25) is 17.7 Å². The van der Waals surface area contributed by atoms with Crippen molar-refractivity contribution in [3.63, 3.8) is 0 Å². The van der Waals surface area contributed by atoms with Crippen molar-refractivity contribution < 1.29 is 65.4 Å². The highest BCUT2D eigenvalue weighted by Crippen LogP contribution is 2.06. The second-order valence-electron chi connectivity index (χ2n) is 9.53. The summed E-state index contributed by atoms with van der Waals surface area (Å²) in [5.74, 6) is -4.41. The fourth-order valence-corrected chi connectivity index (χ4v) is 3.49. The van der Waals surface area contributed by atoms with E-state index in [1.54, 1.807) is 14.1 Å². The zero-order chi connectivity index (χ0) is 33.8. The van der Waals surface area contributed by atoms with Crippen molar-refractivity contribution in [3.05, 3.63) is 0 Å². The van der Waals surface area contributed by atoms with Gasteiger partial charge in [-0.1, -0.05) is 29.7 Å². The number of carbonyl (C=O) groups excluding carboxylic acids is 6. The number of carboxylic acids is 2. The van der Waals surface area contributed by atoms with E-state index in [0.29, 0.717) is 25.7 Å². The van der Waals surface area contributed by atoms with E-state index >= 15 is 0 Å². The van der Waals surface area contributed by atoms with Crippen molar-refractivity contribution in [2.75, 3.05) is 28.2 Å². The van der Waals surface area contributed by atoms with Gasteiger partial charge in [0.05, 0.1) is 11.9 Å². The van der Waals surface area contributed by atoms with Crippen molar-refractivity contribution in [2.45, 2.75) is 111 Å². The van der Waals surface area contributed by atoms with Crippen LogP contribution < -0.4 is 59.3 Å². The van der Waals surface area contributed by atoms with Crippen LogP contribution in [0.1, 0.15) is 81.1 Å². The van der Waals surface area contributed by atoms with E-state index in [-0.39, 0.29) is 102 Å². The van der Waals surface area contributed by atoms with Gasteiger partial charge >= 0.3 is 5.97 Å². The molecule has 5 amide bonds. The molecule has 0 aromatic heterocycles. The van der Waals surface area contributed by atoms with Gasteiger partial charge in [0.25, 0.3) is 11.8 Å². The maximum absolute atomic E-state index is 11.1. The molecule has 0 aromatic carbocycles. The molecule has 288 valence electrons. The first-order valence-corrected chi connectivity index (χ1v) is 13.5. The summed E-state index contributed by atoms with van der Waals surface area (Å²) >= 11 is 0. The predicted octanol–water partition coefficient (Wildman–Crippen LogP) is -7.04. The standard InChI is InChI=1S/C6H12N3O2.2C6H12N2O3.C6H10N2O2.4CH4.H2O/c1-8-5(10)4-2-3-6(7,11)9-4;2*1-8-6(11)4(7)2-3-5(9)10;1-7-6(10)4-2-3-5(9)8-4;;;;;/h4,9H,2-3,7H2,1H3,(H,8,10);2*4H,2-3,7H2,1H3,(H,8,11)(H,9,10);4H,2-3H2,1H3,(H,7,10)(H,8,9);4*1H4;1H2/q-1;;;;;;;;/p+1. The molecule has 0 radical (unpaired) electrons. The Kier molecular flexibility index (Phi) is 39.2. The smallest absolute Gasteiger partial charge is 0.303 e. The number of hydrogen-bond acceptors (Lipinski definition) is 11. The Morgan fingerprint density at radius 2 is 1.44 bits per heavy atom. The Morgan fingerprint density at radius 3 is 1.77 bits per heavy atom. The Labute approximate surface area is 284 Å². The van der Waals surface area contributed by atoms with Gasteiger partial charge in [0, 0.05) is 66.3 Å². The zero-order valence-corrected chi connectivity index (χ0v) is 25.5. The number of amides is 5. The lowest BCUT2D eigenvalue weighted by atomic mass is 10.1. The number of carboxylic acid groups (broad SMARTS) is 2. The second-order valence-corrected chi connectivity index (χ2v) is 9.53. The van der Waals surface area contributed by atoms with Crippen LogP contribution in [0.2, 0.25) is 0 Å². The van der Waals surface area contributed by atoms with E-state index in [0.717, 1.165) is 0 Å². The molecule has 2 aliphatic heterocycles. The van der Waals surface area contributed by atoms with Gasteiger partial charge in [-0.05, 0) is 19.3 Å². The quantitative estimate of drug-likeness (QED) is 0.0949. The maximum Gasteiger partial charge on any atom is 0.303 e. The summed E-state index contributed by atoms with van der Waals surface area (Å²) in [6.45, 7) is 0. The van der Waals surface area contributed by atoms with Gasteiger partial charge in [-0.2, -0.15) is 0 Å². The average molecular weight is 704 g/mol. The fourth-order valence-electron chi connectivity index (χ4n) is 3.49. The topological polar surface area (TPSA) is 374 Å². The highest BCUT2D eigenvalue weighted by atomic mass is 16.4. The molecule has 20 heteroatoms. The monoisotopic (exact) mass is 703 g/mol. The van der Waals surface area contributed by atoms with Crippen molar-refractivity contribution in [1.82, 2.24) is 26.6 Å². The molecule has 5 atom stereocenters. The lowest BCUT2D eigenvalue weighted by Gasteiger charge is -2.26. The van der Waals surface area contributed by atoms with Crippen molar-refractivity contribution in [2.24, 2.45) is 11.5 Å². The van der Waals surface area contributed by atoms with Crippen molar-refractivity contribution in [1.29, 1.82) is 0 Å². The number of nitrogens with one attached hydrogen (secondary N) is 5. The third-order valence-electron chi connectivity index (χ3n) is 6.04. The number of quaternary nitrogens is 2. The summed E-state index contributed by atoms with van der Waals surface area (Å²) < 4.78 is 0. The third-order valence-corrected chi connectivity index (χ3v) is 6.04. The summed E-state index contributed by atoms with van der Waals surface area (Å²) in [6.07, 6.45) is 2.22. The summed E-state index contributed by atoms with van der Waals surface area (Å²) in [7, 11) is 6.06. The van der Waals surface area contributed by atoms with Gasteiger partial charge in [-0.25, -0.2) is 0 Å². The van der Waals surface area contributed by atoms with E-state index in [1.165, 1.54) is 19.4 Å². The van der Waals surface area contributed by atoms with Crippen LogP contribution in [0.25, 0.3) is 0 Å². The second kappa shape index (κ2) is 31.6. The first kappa shape index (κ1) is 59.5. The minimum Gasteiger partial charge on any atom is -0.791 e. The highest BCUT2D eigenvalue weighted by molar-refractivity contribution is 5.90. The maximum atomic E-state index is 11.1. The SMILES string of the molecule is C.C.C.C.CNC(=O)C(N)CCC(=O)O.CNC(=O)C([NH3+])CCC(=O)[O-].CNC(=O)C1CCC(=O)N1.CNC(=O)C1CCC(N)([O-])[NH2+]1.O. The number of nitrogens with two attached hydrogens (primary N) is 3. The van der Waals surface area contributed by atoms with E-state index < -0.39 is 29.9 Å². The number of aliphatic carboxylic acids is 2. The molecule has 0 aliphatic carbocycles. The molecule has 48 heavy (non-hydrogen) atoms. The van der Waals surface area contributed by atoms with Gasteiger partial charge in [0.15, 0.2) is 12.1 Å². The highest BCUT2D eigenvalue weighted by Gasteiger charge is 2.34. The molecule has 2 heterocycles. The molecule has 20 nitrogen and oxygen atoms in total. The van der Waals surface area contributed by atoms with Gasteiger partial charge in [-0.15, -0.1) is 0 Å². The minimum atomic E-state index is -1.49. The Hall–Kier alpha value is -3.95. The normalized spacial score (nSPS) is 19.1. The van der Waals surface area contributed by atoms with Crippen molar-refractivity contribution >= 4 is 41.5 Å². The number of likely N-dealkylation sites (N-methyl/N-ethyl adjacent to an activating group) is 4. The van der Waals surface area contributed by atoms with Crippen LogP contribution >= 0.6 is 0 Å². The molecule has 2 saturated heterocycles. The summed E-state index contributed by atoms with van der Waals surface area (Å²) in [5, 5.41) is 42.8.